The minimum atomic E-state index is -3.81. The highest BCUT2D eigenvalue weighted by atomic mass is 32.2. The number of anilines is 1. The van der Waals surface area contributed by atoms with E-state index in [0.29, 0.717) is 22.8 Å². The van der Waals surface area contributed by atoms with Gasteiger partial charge >= 0.3 is 0 Å². The molecule has 0 aromatic heterocycles. The smallest absolute Gasteiger partial charge is 0.226 e. The van der Waals surface area contributed by atoms with Crippen LogP contribution in [-0.4, -0.2) is 35.7 Å². The van der Waals surface area contributed by atoms with Crippen LogP contribution in [0.5, 0.6) is 17.2 Å². The number of sulfone groups is 1. The van der Waals surface area contributed by atoms with Crippen LogP contribution in [0.3, 0.4) is 0 Å². The van der Waals surface area contributed by atoms with Gasteiger partial charge in [-0.15, -0.1) is 0 Å². The predicted molar refractivity (Wildman–Crippen MR) is 95.7 cm³/mol. The van der Waals surface area contributed by atoms with Crippen LogP contribution in [0.2, 0.25) is 0 Å². The standard InChI is InChI=1S/C18H19NO6S/c1-23-13-8-11(9-14(24-2)18(13)25-3)16-10-17(20)19-12-6-4-5-7-15(12)26(16,21)22/h4-9,16H,10H2,1-3H3,(H,19,20)/t16-/m1/s1. The zero-order chi connectivity index (χ0) is 18.9. The number of methoxy groups -OCH3 is 3. The van der Waals surface area contributed by atoms with E-state index in [-0.39, 0.29) is 22.9 Å². The topological polar surface area (TPSA) is 90.9 Å². The molecule has 0 spiro atoms. The molecule has 26 heavy (non-hydrogen) atoms. The third-order valence-electron chi connectivity index (χ3n) is 4.27. The molecule has 0 aliphatic carbocycles. The molecule has 0 saturated heterocycles. The quantitative estimate of drug-likeness (QED) is 0.881. The summed E-state index contributed by atoms with van der Waals surface area (Å²) in [7, 11) is 0.553. The van der Waals surface area contributed by atoms with Crippen molar-refractivity contribution < 1.29 is 27.4 Å². The number of benzene rings is 2. The van der Waals surface area contributed by atoms with Crippen molar-refractivity contribution in [3.05, 3.63) is 42.0 Å². The van der Waals surface area contributed by atoms with Gasteiger partial charge in [0.25, 0.3) is 0 Å². The van der Waals surface area contributed by atoms with Crippen molar-refractivity contribution in [2.75, 3.05) is 26.6 Å². The molecular weight excluding hydrogens is 358 g/mol. The van der Waals surface area contributed by atoms with E-state index in [2.05, 4.69) is 5.32 Å². The largest absolute Gasteiger partial charge is 0.493 e. The molecule has 3 rings (SSSR count). The Bertz CT molecular complexity index is 929. The van der Waals surface area contributed by atoms with Crippen LogP contribution in [0.15, 0.2) is 41.3 Å². The minimum absolute atomic E-state index is 0.0876. The number of rotatable bonds is 4. The monoisotopic (exact) mass is 377 g/mol. The Morgan fingerprint density at radius 2 is 1.62 bits per heavy atom. The van der Waals surface area contributed by atoms with Gasteiger partial charge < -0.3 is 19.5 Å². The highest BCUT2D eigenvalue weighted by molar-refractivity contribution is 7.92. The zero-order valence-electron chi connectivity index (χ0n) is 14.6. The zero-order valence-corrected chi connectivity index (χ0v) is 15.4. The van der Waals surface area contributed by atoms with Gasteiger partial charge in [-0.1, -0.05) is 12.1 Å². The van der Waals surface area contributed by atoms with Crippen molar-refractivity contribution in [1.82, 2.24) is 0 Å². The molecule has 1 N–H and O–H groups in total. The van der Waals surface area contributed by atoms with Gasteiger partial charge in [-0.3, -0.25) is 4.79 Å². The van der Waals surface area contributed by atoms with E-state index in [4.69, 9.17) is 14.2 Å². The molecule has 1 atom stereocenters. The summed E-state index contributed by atoms with van der Waals surface area (Å²) in [6.07, 6.45) is -0.213. The molecular formula is C18H19NO6S. The number of para-hydroxylation sites is 1. The molecule has 1 heterocycles. The number of hydrogen-bond donors (Lipinski definition) is 1. The molecule has 138 valence electrons. The Hall–Kier alpha value is -2.74. The van der Waals surface area contributed by atoms with E-state index in [1.807, 2.05) is 0 Å². The van der Waals surface area contributed by atoms with Crippen LogP contribution >= 0.6 is 0 Å². The first-order valence-electron chi connectivity index (χ1n) is 7.85. The molecule has 1 aliphatic heterocycles. The lowest BCUT2D eigenvalue weighted by molar-refractivity contribution is -0.116. The summed E-state index contributed by atoms with van der Waals surface area (Å²) in [4.78, 5) is 12.4. The van der Waals surface area contributed by atoms with E-state index in [0.717, 1.165) is 0 Å². The lowest BCUT2D eigenvalue weighted by Crippen LogP contribution is -2.17. The second kappa shape index (κ2) is 6.87. The molecule has 7 nitrogen and oxygen atoms in total. The molecule has 8 heteroatoms. The van der Waals surface area contributed by atoms with Crippen LogP contribution in [0, 0.1) is 0 Å². The Labute approximate surface area is 151 Å². The van der Waals surface area contributed by atoms with Gasteiger partial charge in [0.1, 0.15) is 0 Å². The Balaban J connectivity index is 2.21. The summed E-state index contributed by atoms with van der Waals surface area (Å²) in [5, 5.41) is 1.58. The molecule has 2 aromatic carbocycles. The van der Waals surface area contributed by atoms with Gasteiger partial charge in [0.05, 0.1) is 37.2 Å². The van der Waals surface area contributed by atoms with Gasteiger partial charge in [0, 0.05) is 6.42 Å². The summed E-state index contributed by atoms with van der Waals surface area (Å²) in [6.45, 7) is 0. The van der Waals surface area contributed by atoms with E-state index in [1.54, 1.807) is 30.3 Å². The number of amides is 1. The van der Waals surface area contributed by atoms with Gasteiger partial charge in [-0.25, -0.2) is 8.42 Å². The molecule has 0 bridgehead atoms. The highest BCUT2D eigenvalue weighted by Crippen LogP contribution is 2.44. The third-order valence-corrected chi connectivity index (χ3v) is 6.43. The second-order valence-electron chi connectivity index (χ2n) is 5.74. The Kier molecular flexibility index (Phi) is 4.78. The van der Waals surface area contributed by atoms with E-state index < -0.39 is 15.1 Å². The van der Waals surface area contributed by atoms with Crippen molar-refractivity contribution in [3.63, 3.8) is 0 Å². The summed E-state index contributed by atoms with van der Waals surface area (Å²) in [5.74, 6) is 0.636. The first kappa shape index (κ1) is 18.1. The highest BCUT2D eigenvalue weighted by Gasteiger charge is 2.37. The van der Waals surface area contributed by atoms with Crippen molar-refractivity contribution in [2.24, 2.45) is 0 Å². The maximum absolute atomic E-state index is 13.2. The minimum Gasteiger partial charge on any atom is -0.493 e. The van der Waals surface area contributed by atoms with Crippen LogP contribution in [-0.2, 0) is 14.6 Å². The first-order valence-corrected chi connectivity index (χ1v) is 9.39. The van der Waals surface area contributed by atoms with Gasteiger partial charge in [0.2, 0.25) is 11.7 Å². The van der Waals surface area contributed by atoms with Crippen molar-refractivity contribution >= 4 is 21.4 Å². The molecule has 1 aliphatic rings. The number of ether oxygens (including phenoxy) is 3. The fourth-order valence-corrected chi connectivity index (χ4v) is 4.90. The maximum atomic E-state index is 13.2. The lowest BCUT2D eigenvalue weighted by Gasteiger charge is -2.19. The fraction of sp³-hybridized carbons (Fsp3) is 0.278. The molecule has 0 unspecified atom stereocenters. The van der Waals surface area contributed by atoms with Crippen LogP contribution in [0.4, 0.5) is 5.69 Å². The SMILES string of the molecule is COc1cc([C@H]2CC(=O)Nc3ccccc3S2(=O)=O)cc(OC)c1OC. The maximum Gasteiger partial charge on any atom is 0.226 e. The van der Waals surface area contributed by atoms with Crippen LogP contribution < -0.4 is 19.5 Å². The fourth-order valence-electron chi connectivity index (χ4n) is 3.03. The summed E-state index contributed by atoms with van der Waals surface area (Å²) >= 11 is 0. The number of nitrogens with one attached hydrogen (secondary N) is 1. The van der Waals surface area contributed by atoms with Crippen molar-refractivity contribution in [1.29, 1.82) is 0 Å². The molecule has 0 fully saturated rings. The summed E-state index contributed by atoms with van der Waals surface area (Å²) in [5.41, 5.74) is 0.679. The Morgan fingerprint density at radius 3 is 2.19 bits per heavy atom. The molecule has 0 saturated carbocycles. The molecule has 0 radical (unpaired) electrons. The number of hydrogen-bond acceptors (Lipinski definition) is 6. The third kappa shape index (κ3) is 2.96. The average Bonchev–Trinajstić information content (AvgIpc) is 2.74. The normalized spacial score (nSPS) is 18.3. The van der Waals surface area contributed by atoms with E-state index in [9.17, 15) is 13.2 Å². The van der Waals surface area contributed by atoms with E-state index >= 15 is 0 Å². The predicted octanol–water partition coefficient (Wildman–Crippen LogP) is 2.57. The number of fused-ring (bicyclic) bond motifs is 1. The number of carbonyl (C=O) groups excluding carboxylic acids is 1. The average molecular weight is 377 g/mol. The second-order valence-corrected chi connectivity index (χ2v) is 7.84. The number of carbonyl (C=O) groups is 1. The van der Waals surface area contributed by atoms with Crippen molar-refractivity contribution in [3.8, 4) is 17.2 Å². The van der Waals surface area contributed by atoms with Gasteiger partial charge in [-0.05, 0) is 29.8 Å². The molecule has 1 amide bonds. The van der Waals surface area contributed by atoms with Crippen LogP contribution in [0.25, 0.3) is 0 Å². The first-order chi connectivity index (χ1) is 12.4. The van der Waals surface area contributed by atoms with Gasteiger partial charge in [0.15, 0.2) is 21.3 Å². The van der Waals surface area contributed by atoms with Gasteiger partial charge in [-0.2, -0.15) is 0 Å². The Morgan fingerprint density at radius 1 is 1.00 bits per heavy atom. The lowest BCUT2D eigenvalue weighted by atomic mass is 10.1. The molecule has 2 aromatic rings. The van der Waals surface area contributed by atoms with Crippen LogP contribution in [0.1, 0.15) is 17.2 Å². The summed E-state index contributed by atoms with van der Waals surface area (Å²) in [6, 6.07) is 9.48. The van der Waals surface area contributed by atoms with Crippen molar-refractivity contribution in [2.45, 2.75) is 16.6 Å². The van der Waals surface area contributed by atoms with E-state index in [1.165, 1.54) is 27.4 Å². The summed E-state index contributed by atoms with van der Waals surface area (Å²) < 4.78 is 42.3.